The van der Waals surface area contributed by atoms with Gasteiger partial charge in [0.25, 0.3) is 5.56 Å². The SMILES string of the molecule is C=CCn1c(SCC(=O)Nc2cccc(I)c2)nc2sccc2c1=O. The number of hydrogen-bond acceptors (Lipinski definition) is 5. The lowest BCUT2D eigenvalue weighted by molar-refractivity contribution is -0.113. The van der Waals surface area contributed by atoms with Crippen molar-refractivity contribution in [3.63, 3.8) is 0 Å². The Morgan fingerprint density at radius 1 is 1.44 bits per heavy atom. The fourth-order valence-electron chi connectivity index (χ4n) is 2.22. The number of nitrogens with zero attached hydrogens (tertiary/aromatic N) is 2. The summed E-state index contributed by atoms with van der Waals surface area (Å²) in [6, 6.07) is 9.35. The maximum Gasteiger partial charge on any atom is 0.263 e. The quantitative estimate of drug-likeness (QED) is 0.250. The molecule has 0 fully saturated rings. The summed E-state index contributed by atoms with van der Waals surface area (Å²) >= 11 is 4.86. The molecule has 0 spiro atoms. The third kappa shape index (κ3) is 4.31. The maximum absolute atomic E-state index is 12.5. The van der Waals surface area contributed by atoms with E-state index in [1.807, 2.05) is 29.6 Å². The number of thiophene rings is 1. The molecule has 0 aliphatic heterocycles. The van der Waals surface area contributed by atoms with Crippen LogP contribution in [0.2, 0.25) is 0 Å². The normalized spacial score (nSPS) is 10.8. The van der Waals surface area contributed by atoms with E-state index in [0.717, 1.165) is 9.26 Å². The molecule has 0 saturated heterocycles. The highest BCUT2D eigenvalue weighted by Gasteiger charge is 2.13. The summed E-state index contributed by atoms with van der Waals surface area (Å²) in [5.74, 6) is 0.0315. The second-order valence-corrected chi connectivity index (χ2v) is 8.17. The monoisotopic (exact) mass is 483 g/mol. The van der Waals surface area contributed by atoms with Gasteiger partial charge in [-0.25, -0.2) is 4.98 Å². The number of anilines is 1. The predicted octanol–water partition coefficient (Wildman–Crippen LogP) is 3.98. The number of benzene rings is 1. The Balaban J connectivity index is 1.78. The molecule has 0 unspecified atom stereocenters. The van der Waals surface area contributed by atoms with E-state index in [4.69, 9.17) is 0 Å². The summed E-state index contributed by atoms with van der Waals surface area (Å²) in [5.41, 5.74) is 0.648. The summed E-state index contributed by atoms with van der Waals surface area (Å²) in [6.45, 7) is 4.05. The van der Waals surface area contributed by atoms with E-state index in [2.05, 4.69) is 39.5 Å². The number of amides is 1. The van der Waals surface area contributed by atoms with Gasteiger partial charge in [0, 0.05) is 15.8 Å². The number of fused-ring (bicyclic) bond motifs is 1. The number of hydrogen-bond donors (Lipinski definition) is 1. The molecule has 1 amide bonds. The molecule has 3 aromatic rings. The van der Waals surface area contributed by atoms with Crippen LogP contribution in [0.4, 0.5) is 5.69 Å². The van der Waals surface area contributed by atoms with Gasteiger partial charge in [-0.2, -0.15) is 0 Å². The molecule has 0 atom stereocenters. The van der Waals surface area contributed by atoms with Crippen molar-refractivity contribution in [3.05, 3.63) is 62.3 Å². The van der Waals surface area contributed by atoms with Crippen LogP contribution in [0.15, 0.2) is 58.3 Å². The van der Waals surface area contributed by atoms with Crippen LogP contribution >= 0.6 is 45.7 Å². The van der Waals surface area contributed by atoms with Crippen LogP contribution in [-0.4, -0.2) is 21.2 Å². The Kier molecular flexibility index (Phi) is 5.92. The highest BCUT2D eigenvalue weighted by Crippen LogP contribution is 2.21. The summed E-state index contributed by atoms with van der Waals surface area (Å²) in [7, 11) is 0. The summed E-state index contributed by atoms with van der Waals surface area (Å²) < 4.78 is 2.60. The molecule has 2 heterocycles. The maximum atomic E-state index is 12.5. The molecular formula is C17H14IN3O2S2. The second kappa shape index (κ2) is 8.15. The highest BCUT2D eigenvalue weighted by molar-refractivity contribution is 14.1. The average molecular weight is 483 g/mol. The molecule has 2 aromatic heterocycles. The largest absolute Gasteiger partial charge is 0.325 e. The van der Waals surface area contributed by atoms with Crippen molar-refractivity contribution in [1.82, 2.24) is 9.55 Å². The van der Waals surface area contributed by atoms with E-state index in [1.54, 1.807) is 16.7 Å². The van der Waals surface area contributed by atoms with Gasteiger partial charge in [0.1, 0.15) is 4.83 Å². The number of aromatic nitrogens is 2. The minimum atomic E-state index is -0.141. The first-order valence-electron chi connectivity index (χ1n) is 7.35. The number of thioether (sulfide) groups is 1. The van der Waals surface area contributed by atoms with Gasteiger partial charge in [0.05, 0.1) is 11.1 Å². The van der Waals surface area contributed by atoms with Crippen molar-refractivity contribution >= 4 is 67.5 Å². The van der Waals surface area contributed by atoms with Crippen LogP contribution < -0.4 is 10.9 Å². The minimum absolute atomic E-state index is 0.105. The van der Waals surface area contributed by atoms with Crippen LogP contribution in [0.1, 0.15) is 0 Å². The van der Waals surface area contributed by atoms with E-state index in [-0.39, 0.29) is 17.2 Å². The van der Waals surface area contributed by atoms with Crippen LogP contribution in [0.25, 0.3) is 10.2 Å². The molecule has 3 rings (SSSR count). The molecule has 0 radical (unpaired) electrons. The molecule has 128 valence electrons. The Bertz CT molecular complexity index is 997. The van der Waals surface area contributed by atoms with Crippen molar-refractivity contribution in [2.75, 3.05) is 11.1 Å². The third-order valence-corrected chi connectivity index (χ3v) is 5.75. The standard InChI is InChI=1S/C17H14IN3O2S2/c1-2-7-21-16(23)13-6-8-24-15(13)20-17(21)25-10-14(22)19-12-5-3-4-11(18)9-12/h2-6,8-9H,1,7,10H2,(H,19,22). The fraction of sp³-hybridized carbons (Fsp3) is 0.118. The van der Waals surface area contributed by atoms with Crippen LogP contribution in [0.3, 0.4) is 0 Å². The van der Waals surface area contributed by atoms with E-state index in [9.17, 15) is 9.59 Å². The lowest BCUT2D eigenvalue weighted by Crippen LogP contribution is -2.23. The Labute approximate surface area is 166 Å². The molecule has 0 aliphatic rings. The van der Waals surface area contributed by atoms with E-state index in [1.165, 1.54) is 23.1 Å². The molecule has 1 N–H and O–H groups in total. The summed E-state index contributed by atoms with van der Waals surface area (Å²) in [5, 5.41) is 5.82. The Morgan fingerprint density at radius 3 is 3.04 bits per heavy atom. The lowest BCUT2D eigenvalue weighted by atomic mass is 10.3. The first-order chi connectivity index (χ1) is 12.1. The number of nitrogens with one attached hydrogen (secondary N) is 1. The topological polar surface area (TPSA) is 64.0 Å². The van der Waals surface area contributed by atoms with Gasteiger partial charge in [0.2, 0.25) is 5.91 Å². The zero-order valence-corrected chi connectivity index (χ0v) is 16.9. The molecule has 1 aromatic carbocycles. The number of halogens is 1. The van der Waals surface area contributed by atoms with Crippen molar-refractivity contribution < 1.29 is 4.79 Å². The highest BCUT2D eigenvalue weighted by atomic mass is 127. The van der Waals surface area contributed by atoms with Crippen molar-refractivity contribution in [1.29, 1.82) is 0 Å². The Morgan fingerprint density at radius 2 is 2.28 bits per heavy atom. The van der Waals surface area contributed by atoms with Gasteiger partial charge in [-0.1, -0.05) is 23.9 Å². The average Bonchev–Trinajstić information content (AvgIpc) is 3.05. The first kappa shape index (κ1) is 18.2. The molecule has 0 aliphatic carbocycles. The zero-order valence-electron chi connectivity index (χ0n) is 13.1. The molecule has 5 nitrogen and oxygen atoms in total. The molecule has 8 heteroatoms. The minimum Gasteiger partial charge on any atom is -0.325 e. The van der Waals surface area contributed by atoms with Gasteiger partial charge in [-0.3, -0.25) is 14.2 Å². The third-order valence-electron chi connectivity index (χ3n) is 3.30. The Hall–Kier alpha value is -1.65. The first-order valence-corrected chi connectivity index (χ1v) is 10.3. The summed E-state index contributed by atoms with van der Waals surface area (Å²) in [6.07, 6.45) is 1.65. The summed E-state index contributed by atoms with van der Waals surface area (Å²) in [4.78, 5) is 29.9. The molecule has 25 heavy (non-hydrogen) atoms. The molecule has 0 saturated carbocycles. The van der Waals surface area contributed by atoms with Crippen LogP contribution in [-0.2, 0) is 11.3 Å². The lowest BCUT2D eigenvalue weighted by Gasteiger charge is -2.10. The zero-order chi connectivity index (χ0) is 17.8. The number of carbonyl (C=O) groups excluding carboxylic acids is 1. The number of allylic oxidation sites excluding steroid dienone is 1. The molecular weight excluding hydrogens is 469 g/mol. The number of carbonyl (C=O) groups is 1. The second-order valence-electron chi connectivity index (χ2n) is 5.09. The van der Waals surface area contributed by atoms with E-state index >= 15 is 0 Å². The van der Waals surface area contributed by atoms with Crippen molar-refractivity contribution in [3.8, 4) is 0 Å². The fourth-order valence-corrected chi connectivity index (χ4v) is 4.38. The van der Waals surface area contributed by atoms with Crippen molar-refractivity contribution in [2.45, 2.75) is 11.7 Å². The van der Waals surface area contributed by atoms with Gasteiger partial charge in [-0.05, 0) is 52.2 Å². The number of rotatable bonds is 6. The van der Waals surface area contributed by atoms with Gasteiger partial charge >= 0.3 is 0 Å². The van der Waals surface area contributed by atoms with Gasteiger partial charge < -0.3 is 5.32 Å². The van der Waals surface area contributed by atoms with Crippen LogP contribution in [0.5, 0.6) is 0 Å². The van der Waals surface area contributed by atoms with E-state index in [0.29, 0.717) is 21.9 Å². The molecule has 0 bridgehead atoms. The van der Waals surface area contributed by atoms with Crippen LogP contribution in [0, 0.1) is 3.57 Å². The van der Waals surface area contributed by atoms with Gasteiger partial charge in [0.15, 0.2) is 5.16 Å². The van der Waals surface area contributed by atoms with Gasteiger partial charge in [-0.15, -0.1) is 17.9 Å². The smallest absolute Gasteiger partial charge is 0.263 e. The van der Waals surface area contributed by atoms with E-state index < -0.39 is 0 Å². The van der Waals surface area contributed by atoms with Crippen molar-refractivity contribution in [2.24, 2.45) is 0 Å². The predicted molar refractivity (Wildman–Crippen MR) is 113 cm³/mol.